The SMILES string of the molecule is COc1ccc(CCNc2cc(C(=O)NCCC(C)C)ncn2)cc1. The minimum Gasteiger partial charge on any atom is -0.497 e. The van der Waals surface area contributed by atoms with E-state index in [-0.39, 0.29) is 5.91 Å². The molecule has 0 radical (unpaired) electrons. The Bertz CT molecular complexity index is 671. The second-order valence-corrected chi connectivity index (χ2v) is 6.25. The molecule has 0 saturated heterocycles. The van der Waals surface area contributed by atoms with Gasteiger partial charge >= 0.3 is 0 Å². The van der Waals surface area contributed by atoms with Crippen LogP contribution in [-0.4, -0.2) is 36.1 Å². The Hall–Kier alpha value is -2.63. The molecule has 6 nitrogen and oxygen atoms in total. The van der Waals surface area contributed by atoms with Crippen molar-refractivity contribution in [3.05, 3.63) is 47.9 Å². The van der Waals surface area contributed by atoms with Gasteiger partial charge in [-0.25, -0.2) is 9.97 Å². The number of hydrogen-bond donors (Lipinski definition) is 2. The number of methoxy groups -OCH3 is 1. The summed E-state index contributed by atoms with van der Waals surface area (Å²) in [6.45, 7) is 5.63. The average molecular weight is 342 g/mol. The predicted molar refractivity (Wildman–Crippen MR) is 99.0 cm³/mol. The van der Waals surface area contributed by atoms with E-state index in [2.05, 4.69) is 34.4 Å². The molecule has 1 aromatic carbocycles. The molecule has 0 saturated carbocycles. The zero-order valence-electron chi connectivity index (χ0n) is 15.1. The Morgan fingerprint density at radius 1 is 1.16 bits per heavy atom. The molecular weight excluding hydrogens is 316 g/mol. The average Bonchev–Trinajstić information content (AvgIpc) is 2.62. The molecule has 0 aliphatic heterocycles. The monoisotopic (exact) mass is 342 g/mol. The van der Waals surface area contributed by atoms with Crippen LogP contribution in [0.3, 0.4) is 0 Å². The van der Waals surface area contributed by atoms with Crippen molar-refractivity contribution in [3.8, 4) is 5.75 Å². The van der Waals surface area contributed by atoms with Gasteiger partial charge in [-0.15, -0.1) is 0 Å². The number of rotatable bonds is 9. The van der Waals surface area contributed by atoms with Gasteiger partial charge in [-0.05, 0) is 36.5 Å². The normalized spacial score (nSPS) is 10.6. The van der Waals surface area contributed by atoms with Gasteiger partial charge in [0.25, 0.3) is 5.91 Å². The molecule has 2 rings (SSSR count). The van der Waals surface area contributed by atoms with Crippen molar-refractivity contribution in [2.45, 2.75) is 26.7 Å². The molecule has 0 spiro atoms. The quantitative estimate of drug-likeness (QED) is 0.733. The molecule has 0 atom stereocenters. The van der Waals surface area contributed by atoms with Crippen LogP contribution in [0.4, 0.5) is 5.82 Å². The maximum Gasteiger partial charge on any atom is 0.270 e. The van der Waals surface area contributed by atoms with Gasteiger partial charge in [0.1, 0.15) is 23.6 Å². The van der Waals surface area contributed by atoms with E-state index in [1.807, 2.05) is 24.3 Å². The Balaban J connectivity index is 1.82. The highest BCUT2D eigenvalue weighted by atomic mass is 16.5. The number of carbonyl (C=O) groups is 1. The summed E-state index contributed by atoms with van der Waals surface area (Å²) in [6, 6.07) is 9.64. The summed E-state index contributed by atoms with van der Waals surface area (Å²) in [7, 11) is 1.65. The highest BCUT2D eigenvalue weighted by Gasteiger charge is 2.08. The third kappa shape index (κ3) is 6.41. The van der Waals surface area contributed by atoms with Gasteiger partial charge in [-0.3, -0.25) is 4.79 Å². The lowest BCUT2D eigenvalue weighted by atomic mass is 10.1. The first-order valence-electron chi connectivity index (χ1n) is 8.55. The molecule has 0 unspecified atom stereocenters. The lowest BCUT2D eigenvalue weighted by molar-refractivity contribution is 0.0947. The molecule has 1 amide bonds. The lowest BCUT2D eigenvalue weighted by Gasteiger charge is -2.09. The van der Waals surface area contributed by atoms with Crippen LogP contribution in [-0.2, 0) is 6.42 Å². The summed E-state index contributed by atoms with van der Waals surface area (Å²) in [5.41, 5.74) is 1.58. The fourth-order valence-corrected chi connectivity index (χ4v) is 2.27. The van der Waals surface area contributed by atoms with Gasteiger partial charge < -0.3 is 15.4 Å². The smallest absolute Gasteiger partial charge is 0.270 e. The summed E-state index contributed by atoms with van der Waals surface area (Å²) in [5, 5.41) is 6.11. The number of hydrogen-bond acceptors (Lipinski definition) is 5. The van der Waals surface area contributed by atoms with E-state index < -0.39 is 0 Å². The van der Waals surface area contributed by atoms with Crippen molar-refractivity contribution < 1.29 is 9.53 Å². The molecule has 1 aromatic heterocycles. The topological polar surface area (TPSA) is 76.1 Å². The van der Waals surface area contributed by atoms with Crippen LogP contribution in [0.25, 0.3) is 0 Å². The van der Waals surface area contributed by atoms with Crippen LogP contribution < -0.4 is 15.4 Å². The van der Waals surface area contributed by atoms with E-state index in [0.29, 0.717) is 24.0 Å². The summed E-state index contributed by atoms with van der Waals surface area (Å²) in [5.74, 6) is 1.89. The zero-order chi connectivity index (χ0) is 18.1. The van der Waals surface area contributed by atoms with Crippen LogP contribution in [0.5, 0.6) is 5.75 Å². The second kappa shape index (κ2) is 9.61. The predicted octanol–water partition coefficient (Wildman–Crippen LogP) is 2.92. The molecule has 134 valence electrons. The van der Waals surface area contributed by atoms with Crippen LogP contribution >= 0.6 is 0 Å². The van der Waals surface area contributed by atoms with Crippen molar-refractivity contribution in [3.63, 3.8) is 0 Å². The van der Waals surface area contributed by atoms with E-state index in [1.165, 1.54) is 11.9 Å². The third-order valence-corrected chi connectivity index (χ3v) is 3.79. The minimum absolute atomic E-state index is 0.166. The summed E-state index contributed by atoms with van der Waals surface area (Å²) >= 11 is 0. The maximum atomic E-state index is 12.1. The number of ether oxygens (including phenoxy) is 1. The number of nitrogens with one attached hydrogen (secondary N) is 2. The summed E-state index contributed by atoms with van der Waals surface area (Å²) < 4.78 is 5.15. The summed E-state index contributed by atoms with van der Waals surface area (Å²) in [4.78, 5) is 20.3. The van der Waals surface area contributed by atoms with Crippen molar-refractivity contribution >= 4 is 11.7 Å². The first-order valence-corrected chi connectivity index (χ1v) is 8.55. The van der Waals surface area contributed by atoms with Crippen molar-refractivity contribution in [1.82, 2.24) is 15.3 Å². The maximum absolute atomic E-state index is 12.1. The number of carbonyl (C=O) groups excluding carboxylic acids is 1. The fraction of sp³-hybridized carbons (Fsp3) is 0.421. The van der Waals surface area contributed by atoms with E-state index in [0.717, 1.165) is 25.1 Å². The van der Waals surface area contributed by atoms with Crippen LogP contribution in [0.1, 0.15) is 36.3 Å². The van der Waals surface area contributed by atoms with Gasteiger partial charge in [0.2, 0.25) is 0 Å². The van der Waals surface area contributed by atoms with Crippen molar-refractivity contribution in [2.24, 2.45) is 5.92 Å². The van der Waals surface area contributed by atoms with Crippen molar-refractivity contribution in [2.75, 3.05) is 25.5 Å². The largest absolute Gasteiger partial charge is 0.497 e. The van der Waals surface area contributed by atoms with E-state index in [1.54, 1.807) is 13.2 Å². The Labute approximate surface area is 149 Å². The standard InChI is InChI=1S/C19H26N4O2/c1-14(2)8-10-21-19(24)17-12-18(23-13-22-17)20-11-9-15-4-6-16(25-3)7-5-15/h4-7,12-14H,8-11H2,1-3H3,(H,21,24)(H,20,22,23). The highest BCUT2D eigenvalue weighted by molar-refractivity contribution is 5.92. The molecule has 0 bridgehead atoms. The first-order chi connectivity index (χ1) is 12.1. The molecule has 25 heavy (non-hydrogen) atoms. The molecule has 0 fully saturated rings. The van der Waals surface area contributed by atoms with Gasteiger partial charge in [-0.2, -0.15) is 0 Å². The zero-order valence-corrected chi connectivity index (χ0v) is 15.1. The Morgan fingerprint density at radius 2 is 1.92 bits per heavy atom. The first kappa shape index (κ1) is 18.7. The van der Waals surface area contributed by atoms with E-state index >= 15 is 0 Å². The van der Waals surface area contributed by atoms with Gasteiger partial charge in [0, 0.05) is 19.2 Å². The number of benzene rings is 1. The van der Waals surface area contributed by atoms with Crippen LogP contribution in [0, 0.1) is 5.92 Å². The molecule has 1 heterocycles. The van der Waals surface area contributed by atoms with E-state index in [4.69, 9.17) is 4.74 Å². The molecular formula is C19H26N4O2. The number of anilines is 1. The Kier molecular flexibility index (Phi) is 7.19. The van der Waals surface area contributed by atoms with Crippen LogP contribution in [0.2, 0.25) is 0 Å². The summed E-state index contributed by atoms with van der Waals surface area (Å²) in [6.07, 6.45) is 3.21. The van der Waals surface area contributed by atoms with Gasteiger partial charge in [0.15, 0.2) is 0 Å². The lowest BCUT2D eigenvalue weighted by Crippen LogP contribution is -2.26. The fourth-order valence-electron chi connectivity index (χ4n) is 2.27. The number of amides is 1. The number of aromatic nitrogens is 2. The second-order valence-electron chi connectivity index (χ2n) is 6.25. The van der Waals surface area contributed by atoms with Gasteiger partial charge in [-0.1, -0.05) is 26.0 Å². The Morgan fingerprint density at radius 3 is 2.60 bits per heavy atom. The molecule has 6 heteroatoms. The number of nitrogens with zero attached hydrogens (tertiary/aromatic N) is 2. The third-order valence-electron chi connectivity index (χ3n) is 3.79. The molecule has 0 aliphatic carbocycles. The van der Waals surface area contributed by atoms with Crippen molar-refractivity contribution in [1.29, 1.82) is 0 Å². The van der Waals surface area contributed by atoms with Crippen LogP contribution in [0.15, 0.2) is 36.7 Å². The molecule has 2 N–H and O–H groups in total. The molecule has 0 aliphatic rings. The highest BCUT2D eigenvalue weighted by Crippen LogP contribution is 2.12. The minimum atomic E-state index is -0.166. The van der Waals surface area contributed by atoms with E-state index in [9.17, 15) is 4.79 Å². The van der Waals surface area contributed by atoms with Gasteiger partial charge in [0.05, 0.1) is 7.11 Å². The molecule has 2 aromatic rings.